The van der Waals surface area contributed by atoms with Gasteiger partial charge >= 0.3 is 0 Å². The van der Waals surface area contributed by atoms with E-state index >= 15 is 0 Å². The number of hydrogen-bond acceptors (Lipinski definition) is 5. The highest BCUT2D eigenvalue weighted by molar-refractivity contribution is 5.88. The fourth-order valence-electron chi connectivity index (χ4n) is 5.97. The fraction of sp³-hybridized carbons (Fsp3) is 0.310. The third kappa shape index (κ3) is 3.27. The van der Waals surface area contributed by atoms with Crippen molar-refractivity contribution in [3.05, 3.63) is 84.0 Å². The number of nitrogens with zero attached hydrogens (tertiary/aromatic N) is 5. The Bertz CT molecular complexity index is 1430. The summed E-state index contributed by atoms with van der Waals surface area (Å²) in [5.74, 6) is 2.12. The predicted octanol–water partition coefficient (Wildman–Crippen LogP) is 5.13. The van der Waals surface area contributed by atoms with Gasteiger partial charge in [0.25, 0.3) is 0 Å². The summed E-state index contributed by atoms with van der Waals surface area (Å²) in [6.07, 6.45) is 12.0. The van der Waals surface area contributed by atoms with Crippen LogP contribution in [0.15, 0.2) is 67.0 Å². The topological polar surface area (TPSA) is 62.7 Å². The Labute approximate surface area is 205 Å². The first-order valence-corrected chi connectivity index (χ1v) is 12.6. The number of hydrogen-bond donors (Lipinski definition) is 1. The van der Waals surface area contributed by atoms with Crippen molar-refractivity contribution in [2.24, 2.45) is 0 Å². The van der Waals surface area contributed by atoms with Crippen molar-refractivity contribution in [3.8, 4) is 11.3 Å². The largest absolute Gasteiger partial charge is 0.382 e. The van der Waals surface area contributed by atoms with Gasteiger partial charge in [-0.1, -0.05) is 54.6 Å². The van der Waals surface area contributed by atoms with Crippen molar-refractivity contribution in [3.63, 3.8) is 0 Å². The fourth-order valence-corrected chi connectivity index (χ4v) is 5.97. The Kier molecular flexibility index (Phi) is 4.71. The number of aromatic nitrogens is 3. The summed E-state index contributed by atoms with van der Waals surface area (Å²) in [7, 11) is 2.17. The molecule has 0 radical (unpaired) electrons. The van der Waals surface area contributed by atoms with E-state index in [0.717, 1.165) is 22.6 Å². The Morgan fingerprint density at radius 3 is 2.63 bits per heavy atom. The van der Waals surface area contributed by atoms with E-state index in [1.807, 2.05) is 6.20 Å². The zero-order chi connectivity index (χ0) is 23.5. The third-order valence-electron chi connectivity index (χ3n) is 8.20. The number of fused-ring (bicyclic) bond motifs is 2. The second-order valence-electron chi connectivity index (χ2n) is 10.2. The first-order chi connectivity index (χ1) is 17.2. The second kappa shape index (κ2) is 7.95. The molecule has 35 heavy (non-hydrogen) atoms. The highest BCUT2D eigenvalue weighted by Crippen LogP contribution is 2.44. The first-order valence-electron chi connectivity index (χ1n) is 12.6. The number of benzene rings is 2. The third-order valence-corrected chi connectivity index (χ3v) is 8.20. The van der Waals surface area contributed by atoms with E-state index in [1.165, 1.54) is 49.2 Å². The van der Waals surface area contributed by atoms with Gasteiger partial charge in [0.05, 0.1) is 6.04 Å². The van der Waals surface area contributed by atoms with Crippen LogP contribution >= 0.6 is 0 Å². The molecular formula is C29H30N6. The highest BCUT2D eigenvalue weighted by atomic mass is 15.2. The van der Waals surface area contributed by atoms with Crippen LogP contribution in [-0.4, -0.2) is 45.4 Å². The minimum Gasteiger partial charge on any atom is -0.382 e. The van der Waals surface area contributed by atoms with Gasteiger partial charge < -0.3 is 15.5 Å². The summed E-state index contributed by atoms with van der Waals surface area (Å²) in [6.45, 7) is 2.51. The maximum Gasteiger partial charge on any atom is 0.150 e. The van der Waals surface area contributed by atoms with Gasteiger partial charge in [0.2, 0.25) is 0 Å². The average Bonchev–Trinajstić information content (AvgIpc) is 3.21. The maximum absolute atomic E-state index is 6.43. The molecule has 7 rings (SSSR count). The number of rotatable bonds is 4. The van der Waals surface area contributed by atoms with Crippen LogP contribution < -0.4 is 10.6 Å². The number of nitrogens with two attached hydrogens (primary N) is 1. The minimum atomic E-state index is 0.202. The Morgan fingerprint density at radius 1 is 1.03 bits per heavy atom. The molecule has 6 heteroatoms. The summed E-state index contributed by atoms with van der Waals surface area (Å²) < 4.78 is 2.19. The van der Waals surface area contributed by atoms with Crippen molar-refractivity contribution < 1.29 is 0 Å². The molecular weight excluding hydrogens is 432 g/mol. The van der Waals surface area contributed by atoms with Gasteiger partial charge in [0.15, 0.2) is 0 Å². The van der Waals surface area contributed by atoms with E-state index in [1.54, 1.807) is 6.20 Å². The molecule has 0 amide bonds. The lowest BCUT2D eigenvalue weighted by Gasteiger charge is -2.46. The van der Waals surface area contributed by atoms with Crippen molar-refractivity contribution in [2.75, 3.05) is 30.8 Å². The molecule has 2 aliphatic heterocycles. The van der Waals surface area contributed by atoms with Gasteiger partial charge in [-0.3, -0.25) is 4.40 Å². The van der Waals surface area contributed by atoms with Crippen molar-refractivity contribution in [2.45, 2.75) is 37.3 Å². The van der Waals surface area contributed by atoms with Crippen molar-refractivity contribution >= 4 is 23.1 Å². The van der Waals surface area contributed by atoms with Gasteiger partial charge in [-0.05, 0) is 49.5 Å². The predicted molar refractivity (Wildman–Crippen MR) is 141 cm³/mol. The average molecular weight is 463 g/mol. The molecule has 1 saturated carbocycles. The highest BCUT2D eigenvalue weighted by Gasteiger charge is 2.39. The summed E-state index contributed by atoms with van der Waals surface area (Å²) >= 11 is 0. The van der Waals surface area contributed by atoms with Crippen LogP contribution in [0.2, 0.25) is 0 Å². The standard InChI is InChI=1S/C29H30N6/c1-33-24(19-6-3-2-4-7-19)11-10-20-8-9-21(18-25(20)33)26-27-28(30)31-12-15-35(27)29(32-26)22-16-23(17-22)34-13-5-14-34/h2-4,6-12,15,18,22-24H,5,13-14,16-17H2,1H3,(H2,30,31). The number of likely N-dealkylation sites (N-methyl/N-ethyl adjacent to an activating group) is 1. The van der Waals surface area contributed by atoms with E-state index in [2.05, 4.69) is 86.9 Å². The van der Waals surface area contributed by atoms with Crippen LogP contribution in [0.5, 0.6) is 0 Å². The van der Waals surface area contributed by atoms with Crippen LogP contribution in [0.3, 0.4) is 0 Å². The van der Waals surface area contributed by atoms with Crippen LogP contribution in [-0.2, 0) is 0 Å². The normalized spacial score (nSPS) is 23.7. The summed E-state index contributed by atoms with van der Waals surface area (Å²) in [4.78, 5) is 14.6. The van der Waals surface area contributed by atoms with E-state index < -0.39 is 0 Å². The number of nitrogen functional groups attached to an aromatic ring is 1. The van der Waals surface area contributed by atoms with Gasteiger partial charge in [0, 0.05) is 42.7 Å². The van der Waals surface area contributed by atoms with Gasteiger partial charge in [-0.2, -0.15) is 0 Å². The second-order valence-corrected chi connectivity index (χ2v) is 10.2. The minimum absolute atomic E-state index is 0.202. The lowest BCUT2D eigenvalue weighted by molar-refractivity contribution is 0.0520. The Balaban J connectivity index is 1.27. The molecule has 1 saturated heterocycles. The molecule has 176 valence electrons. The molecule has 2 aromatic carbocycles. The summed E-state index contributed by atoms with van der Waals surface area (Å²) in [5, 5.41) is 0. The number of likely N-dealkylation sites (tertiary alicyclic amines) is 1. The molecule has 4 heterocycles. The molecule has 6 nitrogen and oxygen atoms in total. The molecule has 3 aliphatic rings. The molecule has 1 unspecified atom stereocenters. The molecule has 0 bridgehead atoms. The maximum atomic E-state index is 6.43. The van der Waals surface area contributed by atoms with Crippen LogP contribution in [0.4, 0.5) is 11.5 Å². The zero-order valence-corrected chi connectivity index (χ0v) is 20.0. The van der Waals surface area contributed by atoms with Gasteiger partial charge in [0.1, 0.15) is 22.9 Å². The SMILES string of the molecule is CN1c2cc(-c3nc(C4CC(N5CCC5)C4)n4ccnc(N)c34)ccc2C=CC1c1ccccc1. The number of anilines is 2. The van der Waals surface area contributed by atoms with E-state index in [9.17, 15) is 0 Å². The zero-order valence-electron chi connectivity index (χ0n) is 20.0. The van der Waals surface area contributed by atoms with Crippen LogP contribution in [0.25, 0.3) is 22.9 Å². The van der Waals surface area contributed by atoms with Gasteiger partial charge in [-0.15, -0.1) is 0 Å². The van der Waals surface area contributed by atoms with Crippen LogP contribution in [0.1, 0.15) is 48.2 Å². The van der Waals surface area contributed by atoms with E-state index in [0.29, 0.717) is 17.8 Å². The van der Waals surface area contributed by atoms with Crippen molar-refractivity contribution in [1.29, 1.82) is 0 Å². The monoisotopic (exact) mass is 462 g/mol. The molecule has 1 atom stereocenters. The lowest BCUT2D eigenvalue weighted by Crippen LogP contribution is -2.50. The smallest absolute Gasteiger partial charge is 0.150 e. The Hall–Kier alpha value is -3.64. The first kappa shape index (κ1) is 20.7. The molecule has 4 aromatic rings. The van der Waals surface area contributed by atoms with E-state index in [-0.39, 0.29) is 6.04 Å². The van der Waals surface area contributed by atoms with Gasteiger partial charge in [-0.25, -0.2) is 9.97 Å². The summed E-state index contributed by atoms with van der Waals surface area (Å²) in [6, 6.07) is 18.2. The quantitative estimate of drug-likeness (QED) is 0.455. The molecule has 1 aliphatic carbocycles. The summed E-state index contributed by atoms with van der Waals surface area (Å²) in [5.41, 5.74) is 13.1. The van der Waals surface area contributed by atoms with Crippen LogP contribution in [0, 0.1) is 0 Å². The lowest BCUT2D eigenvalue weighted by atomic mass is 9.77. The van der Waals surface area contributed by atoms with E-state index in [4.69, 9.17) is 10.7 Å². The van der Waals surface area contributed by atoms with Crippen molar-refractivity contribution in [1.82, 2.24) is 19.3 Å². The molecule has 0 spiro atoms. The number of imidazole rings is 1. The molecule has 2 N–H and O–H groups in total. The molecule has 2 fully saturated rings. The molecule has 2 aromatic heterocycles. The Morgan fingerprint density at radius 2 is 1.86 bits per heavy atom.